The zero-order valence-electron chi connectivity index (χ0n) is 16.7. The van der Waals surface area contributed by atoms with Gasteiger partial charge in [0.15, 0.2) is 15.6 Å². The number of nitrogens with one attached hydrogen (secondary N) is 1. The number of benzene rings is 2. The number of carbonyl (C=O) groups excluding carboxylic acids is 1. The molecule has 3 rings (SSSR count). The van der Waals surface area contributed by atoms with Crippen LogP contribution in [-0.4, -0.2) is 39.9 Å². The Morgan fingerprint density at radius 2 is 1.70 bits per heavy atom. The maximum atomic E-state index is 12.5. The molecule has 0 radical (unpaired) electrons. The maximum absolute atomic E-state index is 12.5. The molecule has 1 atom stereocenters. The Labute approximate surface area is 181 Å². The van der Waals surface area contributed by atoms with Gasteiger partial charge in [0.2, 0.25) is 0 Å². The molecular weight excluding hydrogens is 424 g/mol. The molecule has 0 unspecified atom stereocenters. The Kier molecular flexibility index (Phi) is 6.97. The van der Waals surface area contributed by atoms with Crippen molar-refractivity contribution in [2.75, 3.05) is 20.6 Å². The van der Waals surface area contributed by atoms with E-state index < -0.39 is 15.7 Å². The average molecular weight is 447 g/mol. The number of furan rings is 1. The Morgan fingerprint density at radius 3 is 2.37 bits per heavy atom. The van der Waals surface area contributed by atoms with Crippen molar-refractivity contribution < 1.29 is 17.6 Å². The molecular formula is C22H23ClN2O4S. The van der Waals surface area contributed by atoms with Gasteiger partial charge in [-0.3, -0.25) is 4.79 Å². The highest BCUT2D eigenvalue weighted by atomic mass is 35.5. The summed E-state index contributed by atoms with van der Waals surface area (Å²) in [5.74, 6) is -0.467. The number of hydrogen-bond acceptors (Lipinski definition) is 5. The third-order valence-corrected chi connectivity index (χ3v) is 6.66. The summed E-state index contributed by atoms with van der Waals surface area (Å²) >= 11 is 6.30. The van der Waals surface area contributed by atoms with Crippen LogP contribution in [0.4, 0.5) is 0 Å². The first-order valence-electron chi connectivity index (χ1n) is 9.33. The lowest BCUT2D eigenvalue weighted by molar-refractivity contribution is 0.0912. The Balaban J connectivity index is 1.67. The van der Waals surface area contributed by atoms with Gasteiger partial charge >= 0.3 is 0 Å². The molecule has 1 N–H and O–H groups in total. The van der Waals surface area contributed by atoms with Gasteiger partial charge in [-0.1, -0.05) is 48.0 Å². The number of hydrogen-bond donors (Lipinski definition) is 1. The largest absolute Gasteiger partial charge is 0.455 e. The number of amides is 1. The van der Waals surface area contributed by atoms with Crippen LogP contribution < -0.4 is 5.32 Å². The molecule has 1 aromatic heterocycles. The smallest absolute Gasteiger partial charge is 0.287 e. The first-order valence-corrected chi connectivity index (χ1v) is 11.4. The van der Waals surface area contributed by atoms with Gasteiger partial charge in [-0.05, 0) is 50.0 Å². The van der Waals surface area contributed by atoms with Crippen molar-refractivity contribution >= 4 is 27.3 Å². The first-order chi connectivity index (χ1) is 14.3. The summed E-state index contributed by atoms with van der Waals surface area (Å²) in [6.45, 7) is 0.313. The number of halogens is 1. The van der Waals surface area contributed by atoms with Gasteiger partial charge < -0.3 is 14.6 Å². The van der Waals surface area contributed by atoms with Crippen LogP contribution in [0.15, 0.2) is 76.0 Å². The van der Waals surface area contributed by atoms with E-state index in [4.69, 9.17) is 16.0 Å². The molecule has 0 aliphatic heterocycles. The van der Waals surface area contributed by atoms with Crippen molar-refractivity contribution in [1.29, 1.82) is 0 Å². The molecule has 0 saturated carbocycles. The quantitative estimate of drug-likeness (QED) is 0.567. The fraction of sp³-hybridized carbons (Fsp3) is 0.227. The van der Waals surface area contributed by atoms with Crippen LogP contribution in [0, 0.1) is 0 Å². The van der Waals surface area contributed by atoms with Gasteiger partial charge in [-0.2, -0.15) is 0 Å². The summed E-state index contributed by atoms with van der Waals surface area (Å²) in [4.78, 5) is 14.7. The summed E-state index contributed by atoms with van der Waals surface area (Å²) in [6.07, 6.45) is 0. The molecule has 0 aliphatic rings. The number of rotatable bonds is 8. The minimum absolute atomic E-state index is 0.0601. The average Bonchev–Trinajstić information content (AvgIpc) is 3.17. The van der Waals surface area contributed by atoms with E-state index in [2.05, 4.69) is 5.32 Å². The Hall–Kier alpha value is -2.61. The second-order valence-electron chi connectivity index (χ2n) is 7.05. The molecule has 1 heterocycles. The monoisotopic (exact) mass is 446 g/mol. The fourth-order valence-corrected chi connectivity index (χ4v) is 4.60. The zero-order valence-corrected chi connectivity index (χ0v) is 18.3. The van der Waals surface area contributed by atoms with Crippen LogP contribution in [0.25, 0.3) is 0 Å². The van der Waals surface area contributed by atoms with Gasteiger partial charge in [-0.15, -0.1) is 0 Å². The molecule has 0 bridgehead atoms. The van der Waals surface area contributed by atoms with Crippen molar-refractivity contribution in [3.05, 3.63) is 88.8 Å². The van der Waals surface area contributed by atoms with Gasteiger partial charge in [0, 0.05) is 11.6 Å². The van der Waals surface area contributed by atoms with Gasteiger partial charge in [0.05, 0.1) is 10.9 Å². The molecule has 0 aliphatic carbocycles. The third kappa shape index (κ3) is 5.30. The van der Waals surface area contributed by atoms with E-state index in [1.165, 1.54) is 24.3 Å². The number of likely N-dealkylation sites (N-methyl/N-ethyl adjacent to an activating group) is 1. The normalized spacial score (nSPS) is 12.7. The van der Waals surface area contributed by atoms with E-state index in [1.807, 2.05) is 37.2 Å². The predicted octanol–water partition coefficient (Wildman–Crippen LogP) is 3.94. The topological polar surface area (TPSA) is 79.6 Å². The molecule has 3 aromatic rings. The summed E-state index contributed by atoms with van der Waals surface area (Å²) in [5.41, 5.74) is 0.901. The minimum atomic E-state index is -3.55. The van der Waals surface area contributed by atoms with Crippen molar-refractivity contribution in [2.45, 2.75) is 16.7 Å². The van der Waals surface area contributed by atoms with Crippen LogP contribution in [0.3, 0.4) is 0 Å². The van der Waals surface area contributed by atoms with E-state index >= 15 is 0 Å². The second-order valence-corrected chi connectivity index (χ2v) is 9.45. The Morgan fingerprint density at radius 1 is 1.03 bits per heavy atom. The fourth-order valence-electron chi connectivity index (χ4n) is 3.07. The molecule has 2 aromatic carbocycles. The third-order valence-electron chi connectivity index (χ3n) is 4.66. The van der Waals surface area contributed by atoms with Crippen molar-refractivity contribution in [1.82, 2.24) is 10.2 Å². The van der Waals surface area contributed by atoms with Crippen LogP contribution in [-0.2, 0) is 15.6 Å². The Bertz CT molecular complexity index is 1110. The standard InChI is InChI=1S/C22H23ClN2O4S/c1-25(2)20(18-10-6-7-11-19(18)23)14-24-22(26)21-13-12-16(29-21)15-30(27,28)17-8-4-3-5-9-17/h3-13,20H,14-15H2,1-2H3,(H,24,26)/t20-/m1/s1. The van der Waals surface area contributed by atoms with Crippen molar-refractivity contribution in [3.63, 3.8) is 0 Å². The highest BCUT2D eigenvalue weighted by molar-refractivity contribution is 7.90. The van der Waals surface area contributed by atoms with Crippen LogP contribution >= 0.6 is 11.6 Å². The lowest BCUT2D eigenvalue weighted by Gasteiger charge is -2.25. The summed E-state index contributed by atoms with van der Waals surface area (Å²) in [7, 11) is 0.254. The van der Waals surface area contributed by atoms with E-state index in [0.29, 0.717) is 11.6 Å². The van der Waals surface area contributed by atoms with E-state index in [0.717, 1.165) is 5.56 Å². The summed E-state index contributed by atoms with van der Waals surface area (Å²) in [6, 6.07) is 18.5. The lowest BCUT2D eigenvalue weighted by atomic mass is 10.1. The molecule has 0 saturated heterocycles. The van der Waals surface area contributed by atoms with E-state index in [-0.39, 0.29) is 28.2 Å². The zero-order chi connectivity index (χ0) is 21.7. The van der Waals surface area contributed by atoms with E-state index in [1.54, 1.807) is 24.3 Å². The molecule has 30 heavy (non-hydrogen) atoms. The van der Waals surface area contributed by atoms with Crippen LogP contribution in [0.2, 0.25) is 5.02 Å². The highest BCUT2D eigenvalue weighted by Gasteiger charge is 2.21. The number of nitrogens with zero attached hydrogens (tertiary/aromatic N) is 1. The van der Waals surface area contributed by atoms with Crippen LogP contribution in [0.1, 0.15) is 27.9 Å². The summed E-state index contributed by atoms with van der Waals surface area (Å²) < 4.78 is 30.5. The molecule has 158 valence electrons. The molecule has 6 nitrogen and oxygen atoms in total. The number of carbonyl (C=O) groups is 1. The molecule has 0 fully saturated rings. The van der Waals surface area contributed by atoms with Gasteiger partial charge in [0.25, 0.3) is 5.91 Å². The second kappa shape index (κ2) is 9.47. The summed E-state index contributed by atoms with van der Waals surface area (Å²) in [5, 5.41) is 3.45. The predicted molar refractivity (Wildman–Crippen MR) is 116 cm³/mol. The lowest BCUT2D eigenvalue weighted by Crippen LogP contribution is -2.34. The van der Waals surface area contributed by atoms with Gasteiger partial charge in [-0.25, -0.2) is 8.42 Å². The van der Waals surface area contributed by atoms with Crippen LogP contribution in [0.5, 0.6) is 0 Å². The molecule has 0 spiro atoms. The van der Waals surface area contributed by atoms with Crippen molar-refractivity contribution in [2.24, 2.45) is 0 Å². The maximum Gasteiger partial charge on any atom is 0.287 e. The SMILES string of the molecule is CN(C)[C@H](CNC(=O)c1ccc(CS(=O)(=O)c2ccccc2)o1)c1ccccc1Cl. The number of sulfone groups is 1. The highest BCUT2D eigenvalue weighted by Crippen LogP contribution is 2.25. The van der Waals surface area contributed by atoms with E-state index in [9.17, 15) is 13.2 Å². The van der Waals surface area contributed by atoms with Crippen molar-refractivity contribution in [3.8, 4) is 0 Å². The molecule has 8 heteroatoms. The first kappa shape index (κ1) is 22.1. The van der Waals surface area contributed by atoms with Gasteiger partial charge in [0.1, 0.15) is 11.5 Å². The minimum Gasteiger partial charge on any atom is -0.455 e. The molecule has 1 amide bonds.